The molecular formula is C28H25N3O3. The molecule has 0 radical (unpaired) electrons. The van der Waals surface area contributed by atoms with Crippen LogP contribution < -0.4 is 20.7 Å². The first-order chi connectivity index (χ1) is 16.7. The summed E-state index contributed by atoms with van der Waals surface area (Å²) in [6.45, 7) is 0.573. The van der Waals surface area contributed by atoms with Crippen LogP contribution in [0.15, 0.2) is 109 Å². The van der Waals surface area contributed by atoms with E-state index in [0.29, 0.717) is 23.5 Å². The number of nitrogens with one attached hydrogen (secondary N) is 3. The van der Waals surface area contributed by atoms with Crippen molar-refractivity contribution in [2.75, 3.05) is 22.5 Å². The van der Waals surface area contributed by atoms with Crippen LogP contribution in [0.3, 0.4) is 0 Å². The summed E-state index contributed by atoms with van der Waals surface area (Å²) in [7, 11) is 0. The summed E-state index contributed by atoms with van der Waals surface area (Å²) in [4.78, 5) is 24.7. The van der Waals surface area contributed by atoms with Gasteiger partial charge >= 0.3 is 0 Å². The number of carbonyl (C=O) groups is 2. The highest BCUT2D eigenvalue weighted by atomic mass is 16.5. The van der Waals surface area contributed by atoms with E-state index in [4.69, 9.17) is 4.74 Å². The fourth-order valence-corrected chi connectivity index (χ4v) is 3.26. The standard InChI is InChI=1S/C28H25N3O3/c32-27(30-23-14-16-26(17-15-23)34-20-21-8-3-1-4-9-21)19-29-24-12-7-13-25(18-24)31-28(33)22-10-5-2-6-11-22/h1-18,29H,19-20H2,(H,30,32)(H,31,33). The smallest absolute Gasteiger partial charge is 0.255 e. The third-order valence-corrected chi connectivity index (χ3v) is 5.00. The lowest BCUT2D eigenvalue weighted by Crippen LogP contribution is -2.21. The first kappa shape index (κ1) is 22.6. The molecule has 0 bridgehead atoms. The molecular weight excluding hydrogens is 426 g/mol. The first-order valence-electron chi connectivity index (χ1n) is 10.9. The van der Waals surface area contributed by atoms with Gasteiger partial charge in [-0.25, -0.2) is 0 Å². The summed E-state index contributed by atoms with van der Waals surface area (Å²) in [5.41, 5.74) is 3.73. The molecule has 34 heavy (non-hydrogen) atoms. The van der Waals surface area contributed by atoms with Crippen LogP contribution in [-0.4, -0.2) is 18.4 Å². The first-order valence-corrected chi connectivity index (χ1v) is 10.9. The highest BCUT2D eigenvalue weighted by Crippen LogP contribution is 2.18. The fraction of sp³-hybridized carbons (Fsp3) is 0.0714. The Labute approximate surface area is 198 Å². The van der Waals surface area contributed by atoms with Crippen LogP contribution in [0.25, 0.3) is 0 Å². The van der Waals surface area contributed by atoms with Gasteiger partial charge in [0.1, 0.15) is 12.4 Å². The Hall–Kier alpha value is -4.58. The summed E-state index contributed by atoms with van der Waals surface area (Å²) in [6.07, 6.45) is 0. The number of ether oxygens (including phenoxy) is 1. The monoisotopic (exact) mass is 451 g/mol. The van der Waals surface area contributed by atoms with Crippen molar-refractivity contribution < 1.29 is 14.3 Å². The van der Waals surface area contributed by atoms with Gasteiger partial charge in [0, 0.05) is 22.6 Å². The second-order valence-electron chi connectivity index (χ2n) is 7.60. The SMILES string of the molecule is O=C(CNc1cccc(NC(=O)c2ccccc2)c1)Nc1ccc(OCc2ccccc2)cc1. The molecule has 0 heterocycles. The molecule has 4 rings (SSSR count). The number of hydrogen-bond acceptors (Lipinski definition) is 4. The minimum absolute atomic E-state index is 0.0857. The van der Waals surface area contributed by atoms with E-state index >= 15 is 0 Å². The van der Waals surface area contributed by atoms with E-state index in [1.807, 2.05) is 72.8 Å². The normalized spacial score (nSPS) is 10.2. The van der Waals surface area contributed by atoms with Gasteiger partial charge in [-0.1, -0.05) is 54.6 Å². The molecule has 0 aliphatic heterocycles. The number of anilines is 3. The molecule has 0 aromatic heterocycles. The van der Waals surface area contributed by atoms with Crippen molar-refractivity contribution >= 4 is 28.9 Å². The average Bonchev–Trinajstić information content (AvgIpc) is 2.88. The van der Waals surface area contributed by atoms with Gasteiger partial charge in [0.25, 0.3) is 5.91 Å². The molecule has 0 spiro atoms. The number of rotatable bonds is 9. The topological polar surface area (TPSA) is 79.5 Å². The number of amides is 2. The quantitative estimate of drug-likeness (QED) is 0.311. The Balaban J connectivity index is 1.24. The van der Waals surface area contributed by atoms with Crippen LogP contribution in [0, 0.1) is 0 Å². The highest BCUT2D eigenvalue weighted by molar-refractivity contribution is 6.04. The van der Waals surface area contributed by atoms with Gasteiger partial charge in [-0.05, 0) is 60.2 Å². The van der Waals surface area contributed by atoms with E-state index in [9.17, 15) is 9.59 Å². The maximum absolute atomic E-state index is 12.4. The van der Waals surface area contributed by atoms with Crippen LogP contribution in [0.1, 0.15) is 15.9 Å². The van der Waals surface area contributed by atoms with E-state index in [1.54, 1.807) is 36.4 Å². The molecule has 4 aromatic rings. The Morgan fingerprint density at radius 1 is 0.647 bits per heavy atom. The van der Waals surface area contributed by atoms with Crippen LogP contribution in [-0.2, 0) is 11.4 Å². The molecule has 0 aliphatic rings. The van der Waals surface area contributed by atoms with Crippen molar-refractivity contribution in [3.05, 3.63) is 120 Å². The molecule has 170 valence electrons. The van der Waals surface area contributed by atoms with Gasteiger partial charge in [0.2, 0.25) is 5.91 Å². The van der Waals surface area contributed by atoms with Gasteiger partial charge < -0.3 is 20.7 Å². The second-order valence-corrected chi connectivity index (χ2v) is 7.60. The summed E-state index contributed by atoms with van der Waals surface area (Å²) in [5.74, 6) is 0.359. The third kappa shape index (κ3) is 6.71. The molecule has 2 amide bonds. The molecule has 0 fully saturated rings. The van der Waals surface area contributed by atoms with Crippen molar-refractivity contribution in [2.24, 2.45) is 0 Å². The molecule has 6 heteroatoms. The third-order valence-electron chi connectivity index (χ3n) is 5.00. The molecule has 0 saturated carbocycles. The van der Waals surface area contributed by atoms with Crippen molar-refractivity contribution in [3.8, 4) is 5.75 Å². The number of carbonyl (C=O) groups excluding carboxylic acids is 2. The Morgan fingerprint density at radius 2 is 1.32 bits per heavy atom. The van der Waals surface area contributed by atoms with Crippen molar-refractivity contribution in [1.29, 1.82) is 0 Å². The van der Waals surface area contributed by atoms with Gasteiger partial charge in [-0.2, -0.15) is 0 Å². The van der Waals surface area contributed by atoms with Gasteiger partial charge in [-0.15, -0.1) is 0 Å². The fourth-order valence-electron chi connectivity index (χ4n) is 3.26. The van der Waals surface area contributed by atoms with E-state index in [-0.39, 0.29) is 18.4 Å². The zero-order chi connectivity index (χ0) is 23.6. The van der Waals surface area contributed by atoms with Gasteiger partial charge in [0.05, 0.1) is 6.54 Å². The zero-order valence-corrected chi connectivity index (χ0v) is 18.5. The zero-order valence-electron chi connectivity index (χ0n) is 18.5. The van der Waals surface area contributed by atoms with Crippen LogP contribution >= 0.6 is 0 Å². The molecule has 0 saturated heterocycles. The van der Waals surface area contributed by atoms with E-state index in [0.717, 1.165) is 17.0 Å². The lowest BCUT2D eigenvalue weighted by molar-refractivity contribution is -0.114. The molecule has 0 aliphatic carbocycles. The molecule has 3 N–H and O–H groups in total. The van der Waals surface area contributed by atoms with Crippen molar-refractivity contribution in [3.63, 3.8) is 0 Å². The van der Waals surface area contributed by atoms with Crippen LogP contribution in [0.2, 0.25) is 0 Å². The molecule has 4 aromatic carbocycles. The molecule has 0 atom stereocenters. The summed E-state index contributed by atoms with van der Waals surface area (Å²) < 4.78 is 5.77. The Bertz CT molecular complexity index is 1230. The second kappa shape index (κ2) is 11.3. The predicted molar refractivity (Wildman–Crippen MR) is 135 cm³/mol. The average molecular weight is 452 g/mol. The van der Waals surface area contributed by atoms with E-state index in [2.05, 4.69) is 16.0 Å². The predicted octanol–water partition coefficient (Wildman–Crippen LogP) is 5.57. The lowest BCUT2D eigenvalue weighted by Gasteiger charge is -2.11. The lowest BCUT2D eigenvalue weighted by atomic mass is 10.2. The number of hydrogen-bond donors (Lipinski definition) is 3. The summed E-state index contributed by atoms with van der Waals surface area (Å²) in [6, 6.07) is 33.4. The summed E-state index contributed by atoms with van der Waals surface area (Å²) in [5, 5.41) is 8.80. The molecule has 6 nitrogen and oxygen atoms in total. The van der Waals surface area contributed by atoms with E-state index in [1.165, 1.54) is 0 Å². The highest BCUT2D eigenvalue weighted by Gasteiger charge is 2.07. The minimum atomic E-state index is -0.188. The maximum Gasteiger partial charge on any atom is 0.255 e. The van der Waals surface area contributed by atoms with Crippen molar-refractivity contribution in [1.82, 2.24) is 0 Å². The van der Waals surface area contributed by atoms with Crippen LogP contribution in [0.4, 0.5) is 17.1 Å². The van der Waals surface area contributed by atoms with E-state index < -0.39 is 0 Å². The Kier molecular flexibility index (Phi) is 7.54. The van der Waals surface area contributed by atoms with Crippen molar-refractivity contribution in [2.45, 2.75) is 6.61 Å². The number of benzene rings is 4. The maximum atomic E-state index is 12.4. The Morgan fingerprint density at radius 3 is 2.06 bits per heavy atom. The van der Waals surface area contributed by atoms with Gasteiger partial charge in [-0.3, -0.25) is 9.59 Å². The largest absolute Gasteiger partial charge is 0.489 e. The minimum Gasteiger partial charge on any atom is -0.489 e. The van der Waals surface area contributed by atoms with Gasteiger partial charge in [0.15, 0.2) is 0 Å². The summed E-state index contributed by atoms with van der Waals surface area (Å²) >= 11 is 0. The van der Waals surface area contributed by atoms with Crippen LogP contribution in [0.5, 0.6) is 5.75 Å². The molecule has 0 unspecified atom stereocenters.